The lowest BCUT2D eigenvalue weighted by molar-refractivity contribution is -0.152. The maximum absolute atomic E-state index is 11.1. The van der Waals surface area contributed by atoms with E-state index in [1.54, 1.807) is 0 Å². The minimum absolute atomic E-state index is 0.838. The molecule has 0 rings (SSSR count). The molecule has 4 atom stereocenters. The van der Waals surface area contributed by atoms with Crippen molar-refractivity contribution in [1.82, 2.24) is 0 Å². The van der Waals surface area contributed by atoms with Crippen molar-refractivity contribution < 1.29 is 35.1 Å². The summed E-state index contributed by atoms with van der Waals surface area (Å²) >= 11 is 0. The third-order valence-electron chi connectivity index (χ3n) is 1.90. The van der Waals surface area contributed by atoms with Gasteiger partial charge in [-0.2, -0.15) is 0 Å². The van der Waals surface area contributed by atoms with Crippen molar-refractivity contribution in [2.24, 2.45) is 0 Å². The Balaban J connectivity index is 4.61. The van der Waals surface area contributed by atoms with E-state index >= 15 is 0 Å². The van der Waals surface area contributed by atoms with Crippen molar-refractivity contribution in [2.45, 2.75) is 24.4 Å². The maximum atomic E-state index is 11.1. The van der Waals surface area contributed by atoms with Gasteiger partial charge in [0.25, 0.3) is 0 Å². The molecular weight excluding hydrogens is 220 g/mol. The Kier molecular flexibility index (Phi) is 6.01. The Morgan fingerprint density at radius 1 is 1.06 bits per heavy atom. The van der Waals surface area contributed by atoms with Crippen LogP contribution in [0.1, 0.15) is 0 Å². The predicted octanol–water partition coefficient (Wildman–Crippen LogP) is -3.25. The lowest BCUT2D eigenvalue weighted by atomic mass is 10.00. The summed E-state index contributed by atoms with van der Waals surface area (Å²) in [6, 6.07) is 0. The second-order valence-electron chi connectivity index (χ2n) is 3.09. The number of Topliss-reactive ketones (excluding diaryl/α,β-unsaturated/α-hetero) is 2. The van der Waals surface area contributed by atoms with Crippen LogP contribution in [0.5, 0.6) is 0 Å². The molecule has 0 heterocycles. The van der Waals surface area contributed by atoms with Crippen molar-refractivity contribution in [3.8, 4) is 0 Å². The highest BCUT2D eigenvalue weighted by Crippen LogP contribution is 2.02. The quantitative estimate of drug-likeness (QED) is 0.230. The van der Waals surface area contributed by atoms with Crippen molar-refractivity contribution in [2.75, 3.05) is 6.61 Å². The first-order valence-electron chi connectivity index (χ1n) is 4.40. The fraction of sp³-hybridized carbons (Fsp3) is 0.556. The van der Waals surface area contributed by atoms with Crippen LogP contribution in [0.25, 0.3) is 0 Å². The van der Waals surface area contributed by atoms with Gasteiger partial charge in [-0.15, -0.1) is 6.58 Å². The molecule has 0 aromatic rings. The lowest BCUT2D eigenvalue weighted by Crippen LogP contribution is -2.46. The molecule has 2 unspecified atom stereocenters. The molecule has 0 aliphatic carbocycles. The topological polar surface area (TPSA) is 135 Å². The number of carbonyl (C=O) groups is 2. The van der Waals surface area contributed by atoms with Gasteiger partial charge in [0.2, 0.25) is 11.6 Å². The molecule has 5 N–H and O–H groups in total. The molecule has 0 aromatic carbocycles. The Morgan fingerprint density at radius 2 is 1.50 bits per heavy atom. The monoisotopic (exact) mass is 234 g/mol. The molecule has 92 valence electrons. The molecule has 0 saturated heterocycles. The van der Waals surface area contributed by atoms with Crippen molar-refractivity contribution in [3.05, 3.63) is 12.7 Å². The largest absolute Gasteiger partial charge is 0.394 e. The van der Waals surface area contributed by atoms with E-state index in [0.29, 0.717) is 0 Å². The number of hydrogen-bond donors (Lipinski definition) is 5. The number of aliphatic hydroxyl groups excluding tert-OH is 5. The van der Waals surface area contributed by atoms with Crippen LogP contribution >= 0.6 is 0 Å². The normalized spacial score (nSPS) is 18.3. The van der Waals surface area contributed by atoms with Crippen molar-refractivity contribution in [3.63, 3.8) is 0 Å². The summed E-state index contributed by atoms with van der Waals surface area (Å²) in [5.41, 5.74) is 0. The highest BCUT2D eigenvalue weighted by molar-refractivity contribution is 6.40. The van der Waals surface area contributed by atoms with Gasteiger partial charge in [0.05, 0.1) is 6.61 Å². The first kappa shape index (κ1) is 14.9. The molecule has 0 spiro atoms. The number of hydrogen-bond acceptors (Lipinski definition) is 7. The average molecular weight is 234 g/mol. The number of rotatable bonds is 7. The van der Waals surface area contributed by atoms with Crippen molar-refractivity contribution >= 4 is 11.6 Å². The SMILES string of the molecule is C=CC(O)C(O)C(=O)C(=O)[C@@H](O)[C@H](O)CO. The lowest BCUT2D eigenvalue weighted by Gasteiger charge is -2.17. The van der Waals surface area contributed by atoms with E-state index in [4.69, 9.17) is 25.5 Å². The molecule has 0 aliphatic heterocycles. The van der Waals surface area contributed by atoms with Gasteiger partial charge in [0, 0.05) is 0 Å². The van der Waals surface area contributed by atoms with Crippen LogP contribution in [0, 0.1) is 0 Å². The minimum Gasteiger partial charge on any atom is -0.394 e. The van der Waals surface area contributed by atoms with E-state index in [9.17, 15) is 9.59 Å². The van der Waals surface area contributed by atoms with E-state index < -0.39 is 42.6 Å². The molecule has 7 nitrogen and oxygen atoms in total. The average Bonchev–Trinajstić information content (AvgIpc) is 2.32. The molecule has 0 saturated carbocycles. The number of carbonyl (C=O) groups excluding carboxylic acids is 2. The van der Waals surface area contributed by atoms with E-state index in [0.717, 1.165) is 6.08 Å². The number of ketones is 2. The maximum Gasteiger partial charge on any atom is 0.232 e. The summed E-state index contributed by atoms with van der Waals surface area (Å²) in [4.78, 5) is 22.3. The Hall–Kier alpha value is -1.12. The minimum atomic E-state index is -2.14. The van der Waals surface area contributed by atoms with E-state index in [1.165, 1.54) is 0 Å². The fourth-order valence-corrected chi connectivity index (χ4v) is 0.850. The molecule has 0 radical (unpaired) electrons. The molecule has 0 bridgehead atoms. The van der Waals surface area contributed by atoms with Gasteiger partial charge in [-0.3, -0.25) is 9.59 Å². The van der Waals surface area contributed by atoms with Crippen LogP contribution in [0.4, 0.5) is 0 Å². The Morgan fingerprint density at radius 3 is 1.88 bits per heavy atom. The van der Waals surface area contributed by atoms with Gasteiger partial charge in [-0.1, -0.05) is 6.08 Å². The van der Waals surface area contributed by atoms with E-state index in [1.807, 2.05) is 0 Å². The molecular formula is C9H14O7. The molecule has 0 aromatic heterocycles. The fourth-order valence-electron chi connectivity index (χ4n) is 0.850. The predicted molar refractivity (Wildman–Crippen MR) is 51.3 cm³/mol. The standard InChI is InChI=1S/C9H14O7/c1-2-4(11)6(13)8(15)9(16)7(14)5(12)3-10/h2,4-7,10-14H,1,3H2/t4?,5-,6?,7+/m1/s1. The van der Waals surface area contributed by atoms with Gasteiger partial charge in [0.1, 0.15) is 24.4 Å². The third-order valence-corrected chi connectivity index (χ3v) is 1.90. The zero-order valence-corrected chi connectivity index (χ0v) is 8.35. The zero-order chi connectivity index (χ0) is 12.9. The van der Waals surface area contributed by atoms with Crippen LogP contribution in [0.15, 0.2) is 12.7 Å². The second kappa shape index (κ2) is 6.46. The van der Waals surface area contributed by atoms with Crippen LogP contribution < -0.4 is 0 Å². The summed E-state index contributed by atoms with van der Waals surface area (Å²) in [7, 11) is 0. The Labute approximate surface area is 91.3 Å². The van der Waals surface area contributed by atoms with E-state index in [2.05, 4.69) is 6.58 Å². The summed E-state index contributed by atoms with van der Waals surface area (Å²) in [6.45, 7) is 2.18. The van der Waals surface area contributed by atoms with Gasteiger partial charge in [-0.05, 0) is 0 Å². The summed E-state index contributed by atoms with van der Waals surface area (Å²) in [6.07, 6.45) is -6.81. The van der Waals surface area contributed by atoms with Crippen LogP contribution in [-0.4, -0.2) is 68.1 Å². The first-order valence-corrected chi connectivity index (χ1v) is 4.40. The summed E-state index contributed by atoms with van der Waals surface area (Å²) in [5, 5.41) is 44.5. The smallest absolute Gasteiger partial charge is 0.232 e. The first-order chi connectivity index (χ1) is 7.36. The zero-order valence-electron chi connectivity index (χ0n) is 8.35. The van der Waals surface area contributed by atoms with Gasteiger partial charge >= 0.3 is 0 Å². The third kappa shape index (κ3) is 3.47. The van der Waals surface area contributed by atoms with Gasteiger partial charge < -0.3 is 25.5 Å². The van der Waals surface area contributed by atoms with E-state index in [-0.39, 0.29) is 0 Å². The Bertz CT molecular complexity index is 275. The second-order valence-corrected chi connectivity index (χ2v) is 3.09. The van der Waals surface area contributed by atoms with Crippen molar-refractivity contribution in [1.29, 1.82) is 0 Å². The van der Waals surface area contributed by atoms with Crippen LogP contribution in [0.3, 0.4) is 0 Å². The summed E-state index contributed by atoms with van der Waals surface area (Å²) < 4.78 is 0. The van der Waals surface area contributed by atoms with Crippen LogP contribution in [0.2, 0.25) is 0 Å². The number of aliphatic hydroxyl groups is 5. The highest BCUT2D eigenvalue weighted by Gasteiger charge is 2.35. The van der Waals surface area contributed by atoms with Crippen LogP contribution in [-0.2, 0) is 9.59 Å². The highest BCUT2D eigenvalue weighted by atomic mass is 16.4. The summed E-state index contributed by atoms with van der Waals surface area (Å²) in [5.74, 6) is -2.96. The molecule has 0 fully saturated rings. The van der Waals surface area contributed by atoms with Gasteiger partial charge in [0.15, 0.2) is 0 Å². The molecule has 7 heteroatoms. The molecule has 0 amide bonds. The molecule has 16 heavy (non-hydrogen) atoms. The van der Waals surface area contributed by atoms with Gasteiger partial charge in [-0.25, -0.2) is 0 Å². The molecule has 0 aliphatic rings.